The van der Waals surface area contributed by atoms with Gasteiger partial charge in [0.15, 0.2) is 17.4 Å². The Kier molecular flexibility index (Phi) is 68.5. The van der Waals surface area contributed by atoms with Crippen molar-refractivity contribution < 1.29 is 87.5 Å². The minimum Gasteiger partial charge on any atom is -0.303 e. The molecular formula is H6AlMn4O4P. The third-order valence-electron chi connectivity index (χ3n) is 0. The molecule has 0 atom stereocenters. The summed E-state index contributed by atoms with van der Waals surface area (Å²) in [5.41, 5.74) is 0. The van der Waals surface area contributed by atoms with Crippen molar-refractivity contribution in [2.45, 2.75) is 0 Å². The van der Waals surface area contributed by atoms with Crippen LogP contribution in [0.15, 0.2) is 0 Å². The minimum atomic E-state index is -4.64. The maximum absolute atomic E-state index is 8.88. The van der Waals surface area contributed by atoms with E-state index >= 15 is 0 Å². The van der Waals surface area contributed by atoms with E-state index in [1.807, 2.05) is 0 Å². The molecular weight excluding hydrogens is 342 g/mol. The van der Waals surface area contributed by atoms with E-state index in [0.29, 0.717) is 0 Å². The molecule has 66 valence electrons. The zero-order valence-electron chi connectivity index (χ0n) is 3.71. The molecule has 0 aromatic rings. The van der Waals surface area contributed by atoms with Gasteiger partial charge in [-0.2, -0.15) is 0 Å². The van der Waals surface area contributed by atoms with Crippen molar-refractivity contribution in [3.63, 3.8) is 0 Å². The Morgan fingerprint density at radius 2 is 0.800 bits per heavy atom. The van der Waals surface area contributed by atoms with Crippen molar-refractivity contribution in [1.82, 2.24) is 0 Å². The molecule has 0 aromatic carbocycles. The molecule has 0 aromatic heterocycles. The van der Waals surface area contributed by atoms with Gasteiger partial charge in [0.2, 0.25) is 0 Å². The summed E-state index contributed by atoms with van der Waals surface area (Å²) in [7, 11) is -4.64. The maximum atomic E-state index is 8.88. The Morgan fingerprint density at radius 1 is 0.800 bits per heavy atom. The molecule has 0 spiro atoms. The Hall–Kier alpha value is 2.72. The van der Waals surface area contributed by atoms with Crippen LogP contribution in [0.5, 0.6) is 0 Å². The van der Waals surface area contributed by atoms with Crippen LogP contribution in [0.4, 0.5) is 0 Å². The van der Waals surface area contributed by atoms with Crippen LogP contribution >= 0.6 is 7.82 Å². The third-order valence-corrected chi connectivity index (χ3v) is 0. The van der Waals surface area contributed by atoms with E-state index in [9.17, 15) is 0 Å². The quantitative estimate of drug-likeness (QED) is 0.346. The smallest absolute Gasteiger partial charge is 0.303 e. The molecule has 0 aliphatic rings. The molecule has 0 rings (SSSR count). The first kappa shape index (κ1) is 38.7. The van der Waals surface area contributed by atoms with Crippen LogP contribution in [0.2, 0.25) is 0 Å². The van der Waals surface area contributed by atoms with Crippen LogP contribution in [0.1, 0.15) is 0 Å². The topological polar surface area (TPSA) is 77.8 Å². The first-order valence-corrected chi connectivity index (χ1v) is 2.35. The van der Waals surface area contributed by atoms with Crippen LogP contribution in [0.25, 0.3) is 0 Å². The van der Waals surface area contributed by atoms with E-state index in [0.717, 1.165) is 0 Å². The van der Waals surface area contributed by atoms with E-state index in [1.54, 1.807) is 0 Å². The predicted octanol–water partition coefficient (Wildman–Crippen LogP) is -2.12. The molecule has 0 saturated carbocycles. The zero-order valence-corrected chi connectivity index (χ0v) is 9.33. The average molecular weight is 348 g/mol. The van der Waals surface area contributed by atoms with Gasteiger partial charge in [-0.25, -0.2) is 4.57 Å². The van der Waals surface area contributed by atoms with Gasteiger partial charge in [0.1, 0.15) is 0 Å². The van der Waals surface area contributed by atoms with Gasteiger partial charge in [-0.1, -0.05) is 0 Å². The van der Waals surface area contributed by atoms with E-state index in [2.05, 4.69) is 0 Å². The molecule has 0 aliphatic heterocycles. The second-order valence-electron chi connectivity index (χ2n) is 0.513. The van der Waals surface area contributed by atoms with Crippen LogP contribution in [0, 0.1) is 0 Å². The van der Waals surface area contributed by atoms with E-state index in [4.69, 9.17) is 19.2 Å². The Labute approximate surface area is 112 Å². The second kappa shape index (κ2) is 17.7. The van der Waals surface area contributed by atoms with Gasteiger partial charge >= 0.3 is 7.82 Å². The zero-order chi connectivity index (χ0) is 4.50. The van der Waals surface area contributed by atoms with Crippen molar-refractivity contribution in [3.05, 3.63) is 0 Å². The number of hydrogen-bond donors (Lipinski definition) is 3. The third kappa shape index (κ3) is 137. The van der Waals surface area contributed by atoms with Crippen LogP contribution in [-0.4, -0.2) is 32.0 Å². The van der Waals surface area contributed by atoms with Gasteiger partial charge in [0, 0.05) is 68.3 Å². The largest absolute Gasteiger partial charge is 0.466 e. The molecule has 0 heterocycles. The van der Waals surface area contributed by atoms with E-state index < -0.39 is 7.82 Å². The SMILES string of the molecule is O=P(O)(O)O.[AlH3].[Mn].[Mn].[Mn].[Mn]. The number of phosphoric acid groups is 1. The molecule has 4 nitrogen and oxygen atoms in total. The fourth-order valence-corrected chi connectivity index (χ4v) is 0. The summed E-state index contributed by atoms with van der Waals surface area (Å²) in [6, 6.07) is 0. The Balaban J connectivity index is -0.00000000800. The normalized spacial score (nSPS) is 5.90. The molecule has 3 N–H and O–H groups in total. The van der Waals surface area contributed by atoms with Gasteiger partial charge < -0.3 is 14.7 Å². The van der Waals surface area contributed by atoms with Gasteiger partial charge in [-0.15, -0.1) is 0 Å². The number of hydrogen-bond acceptors (Lipinski definition) is 1. The number of rotatable bonds is 0. The molecule has 0 bridgehead atoms. The molecule has 0 aliphatic carbocycles. The molecule has 10 heteroatoms. The summed E-state index contributed by atoms with van der Waals surface area (Å²) in [5.74, 6) is 0. The van der Waals surface area contributed by atoms with Crippen LogP contribution in [-0.2, 0) is 72.8 Å². The fraction of sp³-hybridized carbons (Fsp3) is 0. The predicted molar refractivity (Wildman–Crippen MR) is 24.2 cm³/mol. The van der Waals surface area contributed by atoms with E-state index in [-0.39, 0.29) is 85.6 Å². The first-order chi connectivity index (χ1) is 2.00. The Morgan fingerprint density at radius 3 is 0.800 bits per heavy atom. The van der Waals surface area contributed by atoms with Gasteiger partial charge in [0.05, 0.1) is 0 Å². The summed E-state index contributed by atoms with van der Waals surface area (Å²) < 4.78 is 8.88. The molecule has 0 fully saturated rings. The van der Waals surface area contributed by atoms with Gasteiger partial charge in [-0.05, 0) is 0 Å². The van der Waals surface area contributed by atoms with Gasteiger partial charge in [0.25, 0.3) is 0 Å². The van der Waals surface area contributed by atoms with Crippen molar-refractivity contribution in [2.75, 3.05) is 0 Å². The monoisotopic (exact) mass is 348 g/mol. The summed E-state index contributed by atoms with van der Waals surface area (Å²) in [5, 5.41) is 0. The summed E-state index contributed by atoms with van der Waals surface area (Å²) in [4.78, 5) is 21.6. The van der Waals surface area contributed by atoms with Crippen LogP contribution in [0.3, 0.4) is 0 Å². The second-order valence-corrected chi connectivity index (χ2v) is 1.54. The minimum absolute atomic E-state index is 0. The van der Waals surface area contributed by atoms with Crippen molar-refractivity contribution in [1.29, 1.82) is 0 Å². The summed E-state index contributed by atoms with van der Waals surface area (Å²) in [6.45, 7) is 0. The maximum Gasteiger partial charge on any atom is 0.466 e. The van der Waals surface area contributed by atoms with Crippen LogP contribution < -0.4 is 0 Å². The molecule has 0 saturated heterocycles. The first-order valence-electron chi connectivity index (χ1n) is 0.783. The van der Waals surface area contributed by atoms with Crippen molar-refractivity contribution in [3.8, 4) is 0 Å². The standard InChI is InChI=1S/Al.4Mn.H3O4P.3H/c;;;;;1-5(2,3)4;;;/h;;;;;(H3,1,2,3,4);;;. The summed E-state index contributed by atoms with van der Waals surface area (Å²) >= 11 is 0. The molecule has 10 heavy (non-hydrogen) atoms. The average Bonchev–Trinajstić information content (AvgIpc) is 0.722. The van der Waals surface area contributed by atoms with Crippen molar-refractivity contribution in [2.24, 2.45) is 0 Å². The Bertz CT molecular complexity index is 63.4. The molecule has 4 radical (unpaired) electrons. The van der Waals surface area contributed by atoms with Gasteiger partial charge in [-0.3, -0.25) is 0 Å². The molecule has 0 amide bonds. The van der Waals surface area contributed by atoms with E-state index in [1.165, 1.54) is 0 Å². The molecule has 0 unspecified atom stereocenters. The summed E-state index contributed by atoms with van der Waals surface area (Å²) in [6.07, 6.45) is 0. The fourth-order valence-electron chi connectivity index (χ4n) is 0. The van der Waals surface area contributed by atoms with Crippen molar-refractivity contribution >= 4 is 25.2 Å².